The molecule has 0 aliphatic carbocycles. The molecular weight excluding hydrogens is 232 g/mol. The summed E-state index contributed by atoms with van der Waals surface area (Å²) in [5.74, 6) is -1.54. The Balaban J connectivity index is 3.02. The summed E-state index contributed by atoms with van der Waals surface area (Å²) >= 11 is 0.915. The van der Waals surface area contributed by atoms with Gasteiger partial charge in [-0.05, 0) is 19.1 Å². The minimum atomic E-state index is -0.769. The minimum absolute atomic E-state index is 0.0518. The lowest BCUT2D eigenvalue weighted by Gasteiger charge is -2.14. The molecule has 0 saturated carbocycles. The zero-order valence-electron chi connectivity index (χ0n) is 8.87. The number of nitrogens with zero attached hydrogens (tertiary/aromatic N) is 1. The van der Waals surface area contributed by atoms with Crippen molar-refractivity contribution in [2.75, 3.05) is 0 Å². The van der Waals surface area contributed by atoms with Crippen LogP contribution >= 0.6 is 11.8 Å². The normalized spacial score (nSPS) is 14.2. The first-order valence-electron chi connectivity index (χ1n) is 4.69. The molecular formula is C11H11F2NOS. The number of benzene rings is 1. The fraction of sp³-hybridized carbons (Fsp3) is 0.364. The predicted octanol–water partition coefficient (Wildman–Crippen LogP) is 2.70. The van der Waals surface area contributed by atoms with Crippen molar-refractivity contribution in [2.24, 2.45) is 0 Å². The van der Waals surface area contributed by atoms with Gasteiger partial charge in [-0.2, -0.15) is 5.26 Å². The lowest BCUT2D eigenvalue weighted by Crippen LogP contribution is -2.15. The van der Waals surface area contributed by atoms with E-state index in [1.165, 1.54) is 0 Å². The van der Waals surface area contributed by atoms with E-state index in [9.17, 15) is 13.9 Å². The van der Waals surface area contributed by atoms with Crippen molar-refractivity contribution in [2.45, 2.75) is 30.1 Å². The summed E-state index contributed by atoms with van der Waals surface area (Å²) in [6, 6.07) is 3.65. The standard InChI is InChI=1S/C11H11F2NOS/c1-6(15)7(2)16-11-9(12)3-8(5-14)4-10(11)13/h3-4,6-7,15H,1-2H3. The van der Waals surface area contributed by atoms with E-state index in [1.807, 2.05) is 0 Å². The Morgan fingerprint density at radius 2 is 1.81 bits per heavy atom. The van der Waals surface area contributed by atoms with E-state index < -0.39 is 17.7 Å². The molecule has 0 aromatic heterocycles. The number of aliphatic hydroxyl groups is 1. The Hall–Kier alpha value is -1.12. The van der Waals surface area contributed by atoms with E-state index in [1.54, 1.807) is 19.9 Å². The number of aliphatic hydroxyl groups excluding tert-OH is 1. The molecule has 0 heterocycles. The molecule has 0 spiro atoms. The Morgan fingerprint density at radius 1 is 1.31 bits per heavy atom. The molecule has 2 atom stereocenters. The first kappa shape index (κ1) is 12.9. The van der Waals surface area contributed by atoms with E-state index >= 15 is 0 Å². The van der Waals surface area contributed by atoms with Gasteiger partial charge in [-0.15, -0.1) is 11.8 Å². The third-order valence-corrected chi connectivity index (χ3v) is 3.50. The summed E-state index contributed by atoms with van der Waals surface area (Å²) in [5.41, 5.74) is -0.0518. The van der Waals surface area contributed by atoms with Crippen LogP contribution in [0.5, 0.6) is 0 Å². The van der Waals surface area contributed by atoms with Gasteiger partial charge in [-0.25, -0.2) is 8.78 Å². The molecule has 0 bridgehead atoms. The van der Waals surface area contributed by atoms with E-state index in [0.717, 1.165) is 23.9 Å². The second-order valence-corrected chi connectivity index (χ2v) is 4.83. The van der Waals surface area contributed by atoms with Crippen molar-refractivity contribution in [1.29, 1.82) is 5.26 Å². The van der Waals surface area contributed by atoms with Crippen LogP contribution in [-0.4, -0.2) is 16.5 Å². The number of thioether (sulfide) groups is 1. The quantitative estimate of drug-likeness (QED) is 0.830. The average Bonchev–Trinajstić information content (AvgIpc) is 2.22. The van der Waals surface area contributed by atoms with Gasteiger partial charge in [0.05, 0.1) is 22.6 Å². The maximum absolute atomic E-state index is 13.4. The van der Waals surface area contributed by atoms with Crippen LogP contribution in [0.3, 0.4) is 0 Å². The zero-order valence-corrected chi connectivity index (χ0v) is 9.68. The molecule has 0 saturated heterocycles. The van der Waals surface area contributed by atoms with E-state index in [4.69, 9.17) is 5.26 Å². The van der Waals surface area contributed by atoms with E-state index in [2.05, 4.69) is 0 Å². The fourth-order valence-electron chi connectivity index (χ4n) is 1.02. The van der Waals surface area contributed by atoms with Crippen molar-refractivity contribution < 1.29 is 13.9 Å². The maximum Gasteiger partial charge on any atom is 0.141 e. The highest BCUT2D eigenvalue weighted by Gasteiger charge is 2.17. The molecule has 0 fully saturated rings. The smallest absolute Gasteiger partial charge is 0.141 e. The molecule has 0 radical (unpaired) electrons. The SMILES string of the molecule is CC(O)C(C)Sc1c(F)cc(C#N)cc1F. The van der Waals surface area contributed by atoms with Crippen molar-refractivity contribution in [3.8, 4) is 6.07 Å². The monoisotopic (exact) mass is 243 g/mol. The topological polar surface area (TPSA) is 44.0 Å². The second-order valence-electron chi connectivity index (χ2n) is 3.44. The Kier molecular flexibility index (Phi) is 4.27. The van der Waals surface area contributed by atoms with Crippen molar-refractivity contribution in [3.63, 3.8) is 0 Å². The van der Waals surface area contributed by atoms with Crippen LogP contribution in [0.15, 0.2) is 17.0 Å². The van der Waals surface area contributed by atoms with Crippen LogP contribution in [0.1, 0.15) is 19.4 Å². The third kappa shape index (κ3) is 2.94. The summed E-state index contributed by atoms with van der Waals surface area (Å²) in [5, 5.41) is 17.4. The van der Waals surface area contributed by atoms with Crippen LogP contribution in [0.25, 0.3) is 0 Å². The van der Waals surface area contributed by atoms with Gasteiger partial charge in [0, 0.05) is 5.25 Å². The number of halogens is 2. The molecule has 16 heavy (non-hydrogen) atoms. The largest absolute Gasteiger partial charge is 0.392 e. The lowest BCUT2D eigenvalue weighted by atomic mass is 10.2. The van der Waals surface area contributed by atoms with Crippen LogP contribution in [0.4, 0.5) is 8.78 Å². The molecule has 1 N–H and O–H groups in total. The van der Waals surface area contributed by atoms with Gasteiger partial charge < -0.3 is 5.11 Å². The molecule has 5 heteroatoms. The van der Waals surface area contributed by atoms with E-state index in [0.29, 0.717) is 0 Å². The lowest BCUT2D eigenvalue weighted by molar-refractivity contribution is 0.196. The minimum Gasteiger partial charge on any atom is -0.392 e. The second kappa shape index (κ2) is 5.28. The molecule has 86 valence electrons. The van der Waals surface area contributed by atoms with Crippen molar-refractivity contribution in [1.82, 2.24) is 0 Å². The van der Waals surface area contributed by atoms with E-state index in [-0.39, 0.29) is 15.7 Å². The molecule has 0 amide bonds. The van der Waals surface area contributed by atoms with Crippen LogP contribution in [0, 0.1) is 23.0 Å². The first-order valence-corrected chi connectivity index (χ1v) is 5.57. The molecule has 1 rings (SSSR count). The summed E-state index contributed by atoms with van der Waals surface area (Å²) in [6.07, 6.45) is -0.667. The predicted molar refractivity (Wildman–Crippen MR) is 58.1 cm³/mol. The fourth-order valence-corrected chi connectivity index (χ4v) is 1.93. The number of hydrogen-bond donors (Lipinski definition) is 1. The molecule has 0 aliphatic rings. The van der Waals surface area contributed by atoms with Crippen LogP contribution in [0.2, 0.25) is 0 Å². The Labute approximate surface area is 96.9 Å². The zero-order chi connectivity index (χ0) is 12.3. The number of nitriles is 1. The third-order valence-electron chi connectivity index (χ3n) is 2.11. The highest BCUT2D eigenvalue weighted by atomic mass is 32.2. The number of hydrogen-bond acceptors (Lipinski definition) is 3. The van der Waals surface area contributed by atoms with Crippen LogP contribution in [-0.2, 0) is 0 Å². The summed E-state index contributed by atoms with van der Waals surface area (Å²) in [6.45, 7) is 3.23. The summed E-state index contributed by atoms with van der Waals surface area (Å²) < 4.78 is 26.9. The van der Waals surface area contributed by atoms with Gasteiger partial charge in [-0.3, -0.25) is 0 Å². The maximum atomic E-state index is 13.4. The van der Waals surface area contributed by atoms with Gasteiger partial charge in [-0.1, -0.05) is 6.92 Å². The van der Waals surface area contributed by atoms with Gasteiger partial charge in [0.25, 0.3) is 0 Å². The summed E-state index contributed by atoms with van der Waals surface area (Å²) in [4.78, 5) is -0.160. The Bertz CT molecular complexity index is 405. The van der Waals surface area contributed by atoms with Crippen molar-refractivity contribution >= 4 is 11.8 Å². The number of rotatable bonds is 3. The van der Waals surface area contributed by atoms with Gasteiger partial charge in [0.1, 0.15) is 11.6 Å². The molecule has 2 unspecified atom stereocenters. The molecule has 1 aromatic carbocycles. The molecule has 1 aromatic rings. The highest BCUT2D eigenvalue weighted by molar-refractivity contribution is 8.00. The highest BCUT2D eigenvalue weighted by Crippen LogP contribution is 2.30. The van der Waals surface area contributed by atoms with Crippen LogP contribution < -0.4 is 0 Å². The average molecular weight is 243 g/mol. The summed E-state index contributed by atoms with van der Waals surface area (Å²) in [7, 11) is 0. The van der Waals surface area contributed by atoms with Crippen molar-refractivity contribution in [3.05, 3.63) is 29.3 Å². The molecule has 0 aliphatic heterocycles. The Morgan fingerprint density at radius 3 is 2.19 bits per heavy atom. The van der Waals surface area contributed by atoms with Gasteiger partial charge in [0.2, 0.25) is 0 Å². The molecule has 2 nitrogen and oxygen atoms in total. The first-order chi connectivity index (χ1) is 7.45. The van der Waals surface area contributed by atoms with Gasteiger partial charge >= 0.3 is 0 Å². The van der Waals surface area contributed by atoms with Gasteiger partial charge in [0.15, 0.2) is 0 Å².